The van der Waals surface area contributed by atoms with Crippen LogP contribution in [-0.4, -0.2) is 28.8 Å². The molecule has 18 heavy (non-hydrogen) atoms. The molecule has 98 valence electrons. The van der Waals surface area contributed by atoms with Crippen LogP contribution in [0.4, 0.5) is 0 Å². The van der Waals surface area contributed by atoms with Crippen LogP contribution in [0.3, 0.4) is 0 Å². The monoisotopic (exact) mass is 252 g/mol. The Labute approximate surface area is 105 Å². The molecule has 5 heteroatoms. The second kappa shape index (κ2) is 6.64. The third kappa shape index (κ3) is 3.48. The largest absolute Gasteiger partial charge is 0.493 e. The van der Waals surface area contributed by atoms with Crippen LogP contribution in [0.5, 0.6) is 5.75 Å². The molecule has 1 aromatic rings. The van der Waals surface area contributed by atoms with E-state index in [-0.39, 0.29) is 5.56 Å². The molecule has 0 saturated carbocycles. The molecule has 1 aromatic carbocycles. The van der Waals surface area contributed by atoms with E-state index in [2.05, 4.69) is 0 Å². The number of rotatable bonds is 7. The molecule has 0 spiro atoms. The summed E-state index contributed by atoms with van der Waals surface area (Å²) in [5.41, 5.74) is 0.175. The van der Waals surface area contributed by atoms with Gasteiger partial charge in [0, 0.05) is 5.56 Å². The molecule has 0 aliphatic heterocycles. The summed E-state index contributed by atoms with van der Waals surface area (Å²) in [4.78, 5) is 22.0. The number of para-hydroxylation sites is 1. The van der Waals surface area contributed by atoms with Crippen molar-refractivity contribution in [3.63, 3.8) is 0 Å². The van der Waals surface area contributed by atoms with E-state index in [4.69, 9.17) is 14.9 Å². The summed E-state index contributed by atoms with van der Waals surface area (Å²) >= 11 is 0. The Kier molecular flexibility index (Phi) is 5.17. The first-order valence-corrected chi connectivity index (χ1v) is 5.75. The average Bonchev–Trinajstić information content (AvgIpc) is 2.30. The molecular weight excluding hydrogens is 236 g/mol. The maximum atomic E-state index is 11.0. The van der Waals surface area contributed by atoms with Crippen molar-refractivity contribution >= 4 is 11.9 Å². The van der Waals surface area contributed by atoms with E-state index in [1.165, 1.54) is 6.07 Å². The van der Waals surface area contributed by atoms with Crippen LogP contribution in [0.2, 0.25) is 0 Å². The van der Waals surface area contributed by atoms with Crippen LogP contribution >= 0.6 is 0 Å². The lowest BCUT2D eigenvalue weighted by Gasteiger charge is -2.14. The summed E-state index contributed by atoms with van der Waals surface area (Å²) in [7, 11) is 0. The van der Waals surface area contributed by atoms with Crippen molar-refractivity contribution in [2.45, 2.75) is 25.7 Å². The van der Waals surface area contributed by atoms with Crippen LogP contribution in [0.25, 0.3) is 0 Å². The SMILES string of the molecule is CCCCOc1ccccc1C(C(=O)O)C(=O)O. The van der Waals surface area contributed by atoms with Gasteiger partial charge in [-0.2, -0.15) is 0 Å². The fourth-order valence-corrected chi connectivity index (χ4v) is 1.55. The number of carboxylic acids is 2. The number of ether oxygens (including phenoxy) is 1. The van der Waals surface area contributed by atoms with E-state index in [9.17, 15) is 9.59 Å². The molecule has 0 heterocycles. The smallest absolute Gasteiger partial charge is 0.322 e. The van der Waals surface area contributed by atoms with E-state index in [0.29, 0.717) is 12.4 Å². The van der Waals surface area contributed by atoms with Crippen molar-refractivity contribution in [2.24, 2.45) is 0 Å². The van der Waals surface area contributed by atoms with Gasteiger partial charge in [0.05, 0.1) is 6.61 Å². The van der Waals surface area contributed by atoms with E-state index < -0.39 is 17.9 Å². The van der Waals surface area contributed by atoms with Crippen LogP contribution in [0, 0.1) is 0 Å². The maximum Gasteiger partial charge on any atom is 0.322 e. The molecule has 0 aliphatic carbocycles. The van der Waals surface area contributed by atoms with Gasteiger partial charge in [0.15, 0.2) is 5.92 Å². The Morgan fingerprint density at radius 3 is 2.39 bits per heavy atom. The summed E-state index contributed by atoms with van der Waals surface area (Å²) in [5.74, 6) is -4.06. The predicted octanol–water partition coefficient (Wildman–Crippen LogP) is 2.12. The van der Waals surface area contributed by atoms with Gasteiger partial charge in [-0.05, 0) is 12.5 Å². The van der Waals surface area contributed by atoms with Crippen molar-refractivity contribution in [3.8, 4) is 5.75 Å². The van der Waals surface area contributed by atoms with Crippen LogP contribution in [0.1, 0.15) is 31.2 Å². The Morgan fingerprint density at radius 1 is 1.22 bits per heavy atom. The molecule has 1 rings (SSSR count). The lowest BCUT2D eigenvalue weighted by atomic mass is 9.98. The van der Waals surface area contributed by atoms with Gasteiger partial charge in [-0.15, -0.1) is 0 Å². The summed E-state index contributed by atoms with van der Waals surface area (Å²) in [5, 5.41) is 17.9. The number of carboxylic acid groups (broad SMARTS) is 2. The average molecular weight is 252 g/mol. The van der Waals surface area contributed by atoms with Crippen molar-refractivity contribution in [2.75, 3.05) is 6.61 Å². The van der Waals surface area contributed by atoms with E-state index >= 15 is 0 Å². The number of unbranched alkanes of at least 4 members (excludes halogenated alkanes) is 1. The highest BCUT2D eigenvalue weighted by Crippen LogP contribution is 2.27. The van der Waals surface area contributed by atoms with Gasteiger partial charge < -0.3 is 14.9 Å². The Hall–Kier alpha value is -2.04. The second-order valence-corrected chi connectivity index (χ2v) is 3.85. The van der Waals surface area contributed by atoms with Gasteiger partial charge in [-0.1, -0.05) is 31.5 Å². The zero-order chi connectivity index (χ0) is 13.5. The van der Waals surface area contributed by atoms with Crippen LogP contribution < -0.4 is 4.74 Å². The first-order chi connectivity index (χ1) is 8.57. The fraction of sp³-hybridized carbons (Fsp3) is 0.385. The zero-order valence-corrected chi connectivity index (χ0v) is 10.1. The van der Waals surface area contributed by atoms with Gasteiger partial charge >= 0.3 is 11.9 Å². The highest BCUT2D eigenvalue weighted by Gasteiger charge is 2.30. The normalized spacial score (nSPS) is 10.3. The van der Waals surface area contributed by atoms with Crippen LogP contribution in [-0.2, 0) is 9.59 Å². The predicted molar refractivity (Wildman–Crippen MR) is 64.9 cm³/mol. The standard InChI is InChI=1S/C13H16O5/c1-2-3-8-18-10-7-5-4-6-9(10)11(12(14)15)13(16)17/h4-7,11H,2-3,8H2,1H3,(H,14,15)(H,16,17). The lowest BCUT2D eigenvalue weighted by molar-refractivity contribution is -0.150. The van der Waals surface area contributed by atoms with Gasteiger partial charge in [0.25, 0.3) is 0 Å². The first-order valence-electron chi connectivity index (χ1n) is 5.75. The van der Waals surface area contributed by atoms with Gasteiger partial charge in [-0.25, -0.2) is 0 Å². The summed E-state index contributed by atoms with van der Waals surface area (Å²) in [6.07, 6.45) is 1.78. The van der Waals surface area contributed by atoms with Crippen molar-refractivity contribution in [3.05, 3.63) is 29.8 Å². The molecule has 0 amide bonds. The highest BCUT2D eigenvalue weighted by atomic mass is 16.5. The van der Waals surface area contributed by atoms with Gasteiger partial charge in [-0.3, -0.25) is 9.59 Å². The number of carbonyl (C=O) groups is 2. The van der Waals surface area contributed by atoms with Crippen molar-refractivity contribution < 1.29 is 24.5 Å². The quantitative estimate of drug-likeness (QED) is 0.573. The van der Waals surface area contributed by atoms with E-state index in [1.807, 2.05) is 6.92 Å². The molecule has 0 radical (unpaired) electrons. The van der Waals surface area contributed by atoms with Crippen molar-refractivity contribution in [1.29, 1.82) is 0 Å². The third-order valence-corrected chi connectivity index (χ3v) is 2.48. The Balaban J connectivity index is 2.99. The fourth-order valence-electron chi connectivity index (χ4n) is 1.55. The molecule has 0 saturated heterocycles. The number of aliphatic carboxylic acids is 2. The summed E-state index contributed by atoms with van der Waals surface area (Å²) in [6.45, 7) is 2.45. The molecule has 5 nitrogen and oxygen atoms in total. The zero-order valence-electron chi connectivity index (χ0n) is 10.1. The highest BCUT2D eigenvalue weighted by molar-refractivity contribution is 5.99. The minimum Gasteiger partial charge on any atom is -0.493 e. The molecule has 0 aromatic heterocycles. The van der Waals surface area contributed by atoms with Gasteiger partial charge in [0.1, 0.15) is 5.75 Å². The van der Waals surface area contributed by atoms with Gasteiger partial charge in [0.2, 0.25) is 0 Å². The number of hydrogen-bond acceptors (Lipinski definition) is 3. The molecular formula is C13H16O5. The molecule has 2 N–H and O–H groups in total. The Bertz CT molecular complexity index is 413. The minimum absolute atomic E-state index is 0.175. The van der Waals surface area contributed by atoms with Crippen LogP contribution in [0.15, 0.2) is 24.3 Å². The Morgan fingerprint density at radius 2 is 1.83 bits per heavy atom. The molecule has 0 fully saturated rings. The summed E-state index contributed by atoms with van der Waals surface area (Å²) in [6, 6.07) is 6.34. The number of hydrogen-bond donors (Lipinski definition) is 2. The molecule has 0 atom stereocenters. The topological polar surface area (TPSA) is 83.8 Å². The minimum atomic E-state index is -1.59. The van der Waals surface area contributed by atoms with E-state index in [0.717, 1.165) is 12.8 Å². The van der Waals surface area contributed by atoms with Crippen molar-refractivity contribution in [1.82, 2.24) is 0 Å². The third-order valence-electron chi connectivity index (χ3n) is 2.48. The first kappa shape index (κ1) is 14.0. The molecule has 0 bridgehead atoms. The van der Waals surface area contributed by atoms with E-state index in [1.54, 1.807) is 18.2 Å². The maximum absolute atomic E-state index is 11.0. The molecule has 0 unspecified atom stereocenters. The second-order valence-electron chi connectivity index (χ2n) is 3.85. The molecule has 0 aliphatic rings. The lowest BCUT2D eigenvalue weighted by Crippen LogP contribution is -2.21. The summed E-state index contributed by atoms with van der Waals surface area (Å²) < 4.78 is 5.43. The number of benzene rings is 1.